The molecule has 1 saturated heterocycles. The Kier molecular flexibility index (Phi) is 11.9. The average Bonchev–Trinajstić information content (AvgIpc) is 2.89. The summed E-state index contributed by atoms with van der Waals surface area (Å²) in [6.07, 6.45) is 0.406. The molecule has 236 valence electrons. The van der Waals surface area contributed by atoms with E-state index in [-0.39, 0.29) is 6.61 Å². The van der Waals surface area contributed by atoms with E-state index in [1.165, 1.54) is 11.8 Å². The van der Waals surface area contributed by atoms with Crippen molar-refractivity contribution < 1.29 is 48.9 Å². The molecular weight excluding hydrogens is 644 g/mol. The molecule has 42 heavy (non-hydrogen) atoms. The van der Waals surface area contributed by atoms with Crippen LogP contribution in [-0.2, 0) is 28.9 Å². The van der Waals surface area contributed by atoms with Gasteiger partial charge in [0, 0.05) is 56.0 Å². The molecule has 1 aliphatic rings. The fraction of sp³-hybridized carbons (Fsp3) is 0.478. The molecule has 0 saturated carbocycles. The fourth-order valence-corrected chi connectivity index (χ4v) is 7.02. The van der Waals surface area contributed by atoms with Gasteiger partial charge in [0.15, 0.2) is 0 Å². The minimum Gasteiger partial charge on any atom is -0.380 e. The molecule has 1 atom stereocenters. The largest absolute Gasteiger partial charge is 0.501 e. The van der Waals surface area contributed by atoms with Crippen molar-refractivity contribution in [3.63, 3.8) is 0 Å². The van der Waals surface area contributed by atoms with Crippen LogP contribution in [0.2, 0.25) is 0 Å². The SMILES string of the molecule is NS(=O)(=O)c1ccc(NC(CCN2CCN(CCOP(=O)(O)O)CC2)CSc2ccccc2)c(S(=O)(=O)C(F)(F)F)c1. The van der Waals surface area contributed by atoms with Gasteiger partial charge >= 0.3 is 13.3 Å². The first-order valence-electron chi connectivity index (χ1n) is 12.5. The first-order chi connectivity index (χ1) is 19.5. The second kappa shape index (κ2) is 14.4. The fourth-order valence-electron chi connectivity index (χ4n) is 4.14. The van der Waals surface area contributed by atoms with Crippen LogP contribution in [0.25, 0.3) is 0 Å². The maximum Gasteiger partial charge on any atom is 0.501 e. The molecule has 0 aromatic heterocycles. The van der Waals surface area contributed by atoms with Gasteiger partial charge in [0.25, 0.3) is 9.84 Å². The number of phosphoric acid groups is 1. The van der Waals surface area contributed by atoms with Crippen molar-refractivity contribution in [2.45, 2.75) is 32.7 Å². The number of primary sulfonamides is 1. The van der Waals surface area contributed by atoms with Crippen LogP contribution in [0.4, 0.5) is 18.9 Å². The van der Waals surface area contributed by atoms with Gasteiger partial charge in [-0.1, -0.05) is 18.2 Å². The summed E-state index contributed by atoms with van der Waals surface area (Å²) < 4.78 is 104. The summed E-state index contributed by atoms with van der Waals surface area (Å²) in [5.74, 6) is 0.353. The van der Waals surface area contributed by atoms with E-state index in [0.717, 1.165) is 17.0 Å². The quantitative estimate of drug-likeness (QED) is 0.170. The number of rotatable bonds is 14. The van der Waals surface area contributed by atoms with Gasteiger partial charge in [0.2, 0.25) is 10.0 Å². The zero-order valence-electron chi connectivity index (χ0n) is 22.2. The van der Waals surface area contributed by atoms with Gasteiger partial charge in [-0.3, -0.25) is 9.42 Å². The number of anilines is 1. The molecular formula is C23H32F3N4O8PS3. The molecule has 1 heterocycles. The molecule has 1 aliphatic heterocycles. The van der Waals surface area contributed by atoms with Gasteiger partial charge in [-0.05, 0) is 36.8 Å². The molecule has 0 bridgehead atoms. The molecule has 19 heteroatoms. The van der Waals surface area contributed by atoms with Gasteiger partial charge in [0.1, 0.15) is 4.90 Å². The number of phosphoric ester groups is 1. The van der Waals surface area contributed by atoms with Crippen LogP contribution in [-0.4, -0.2) is 99.6 Å². The summed E-state index contributed by atoms with van der Waals surface area (Å²) in [5.41, 5.74) is -6.07. The third-order valence-electron chi connectivity index (χ3n) is 6.36. The summed E-state index contributed by atoms with van der Waals surface area (Å²) in [7, 11) is -15.0. The topological polar surface area (TPSA) is 180 Å². The van der Waals surface area contributed by atoms with Crippen LogP contribution in [0.3, 0.4) is 0 Å². The highest BCUT2D eigenvalue weighted by atomic mass is 32.2. The molecule has 1 unspecified atom stereocenters. The molecule has 0 amide bonds. The summed E-state index contributed by atoms with van der Waals surface area (Å²) in [4.78, 5) is 20.6. The zero-order chi connectivity index (χ0) is 31.2. The van der Waals surface area contributed by atoms with Gasteiger partial charge in [-0.2, -0.15) is 13.2 Å². The summed E-state index contributed by atoms with van der Waals surface area (Å²) >= 11 is 1.42. The molecule has 0 aliphatic carbocycles. The minimum absolute atomic E-state index is 0.125. The minimum atomic E-state index is -5.93. The van der Waals surface area contributed by atoms with Crippen molar-refractivity contribution in [3.8, 4) is 0 Å². The van der Waals surface area contributed by atoms with Crippen LogP contribution >= 0.6 is 19.6 Å². The van der Waals surface area contributed by atoms with Crippen molar-refractivity contribution in [1.29, 1.82) is 0 Å². The van der Waals surface area contributed by atoms with E-state index in [9.17, 15) is 34.6 Å². The van der Waals surface area contributed by atoms with E-state index >= 15 is 0 Å². The maximum atomic E-state index is 13.5. The van der Waals surface area contributed by atoms with Crippen LogP contribution in [0.1, 0.15) is 6.42 Å². The Bertz CT molecular complexity index is 1450. The summed E-state index contributed by atoms with van der Waals surface area (Å²) in [6, 6.07) is 11.0. The third kappa shape index (κ3) is 10.5. The first kappa shape index (κ1) is 34.8. The van der Waals surface area contributed by atoms with Gasteiger partial charge in [-0.15, -0.1) is 11.8 Å². The smallest absolute Gasteiger partial charge is 0.380 e. The number of hydrogen-bond acceptors (Lipinski definition) is 10. The lowest BCUT2D eigenvalue weighted by atomic mass is 10.2. The van der Waals surface area contributed by atoms with Crippen LogP contribution < -0.4 is 10.5 Å². The number of halogens is 3. The lowest BCUT2D eigenvalue weighted by molar-refractivity contribution is -0.0435. The first-order valence-corrected chi connectivity index (χ1v) is 18.1. The van der Waals surface area contributed by atoms with Gasteiger partial charge in [-0.25, -0.2) is 26.5 Å². The van der Waals surface area contributed by atoms with Crippen LogP contribution in [0.5, 0.6) is 0 Å². The summed E-state index contributed by atoms with van der Waals surface area (Å²) in [6.45, 7) is 3.16. The number of alkyl halides is 3. The van der Waals surface area contributed by atoms with Gasteiger partial charge in [0.05, 0.1) is 17.2 Å². The van der Waals surface area contributed by atoms with E-state index in [1.807, 2.05) is 35.2 Å². The van der Waals surface area contributed by atoms with E-state index < -0.39 is 54.7 Å². The van der Waals surface area contributed by atoms with Crippen molar-refractivity contribution in [3.05, 3.63) is 48.5 Å². The molecule has 2 aromatic rings. The van der Waals surface area contributed by atoms with Gasteiger partial charge < -0.3 is 20.0 Å². The van der Waals surface area contributed by atoms with Crippen molar-refractivity contribution >= 4 is 45.1 Å². The van der Waals surface area contributed by atoms with E-state index in [2.05, 4.69) is 14.7 Å². The monoisotopic (exact) mass is 676 g/mol. The second-order valence-electron chi connectivity index (χ2n) is 9.41. The zero-order valence-corrected chi connectivity index (χ0v) is 25.5. The molecule has 0 spiro atoms. The molecule has 5 N–H and O–H groups in total. The van der Waals surface area contributed by atoms with Crippen LogP contribution in [0, 0.1) is 0 Å². The predicted molar refractivity (Wildman–Crippen MR) is 151 cm³/mol. The number of sulfonamides is 1. The Hall–Kier alpha value is -1.73. The molecule has 0 radical (unpaired) electrons. The third-order valence-corrected chi connectivity index (χ3v) is 10.5. The van der Waals surface area contributed by atoms with E-state index in [4.69, 9.17) is 14.9 Å². The molecule has 1 fully saturated rings. The highest BCUT2D eigenvalue weighted by molar-refractivity contribution is 7.99. The molecule has 12 nitrogen and oxygen atoms in total. The highest BCUT2D eigenvalue weighted by Crippen LogP contribution is 2.37. The Morgan fingerprint density at radius 1 is 1.00 bits per heavy atom. The van der Waals surface area contributed by atoms with Crippen molar-refractivity contribution in [2.24, 2.45) is 5.14 Å². The number of thioether (sulfide) groups is 1. The lowest BCUT2D eigenvalue weighted by Crippen LogP contribution is -2.48. The lowest BCUT2D eigenvalue weighted by Gasteiger charge is -2.35. The number of hydrogen-bond donors (Lipinski definition) is 4. The standard InChI is InChI=1S/C23H32F3N4O8PS3/c24-23(25,26)41(34,35)22-16-20(42(27,36)37)6-7-21(22)28-18(17-40-19-4-2-1-3-5-19)8-9-29-10-12-30(13-11-29)14-15-38-39(31,32)33/h1-7,16,18,28H,8-15,17H2,(H2,27,36,37)(H2,31,32,33). The Morgan fingerprint density at radius 2 is 1.60 bits per heavy atom. The Labute approximate surface area is 246 Å². The highest BCUT2D eigenvalue weighted by Gasteiger charge is 2.48. The molecule has 3 rings (SSSR count). The van der Waals surface area contributed by atoms with E-state index in [1.54, 1.807) is 0 Å². The number of nitrogens with zero attached hydrogens (tertiary/aromatic N) is 2. The number of benzene rings is 2. The number of sulfone groups is 1. The Balaban J connectivity index is 1.76. The van der Waals surface area contributed by atoms with Crippen LogP contribution in [0.15, 0.2) is 63.2 Å². The van der Waals surface area contributed by atoms with Crippen molar-refractivity contribution in [1.82, 2.24) is 9.80 Å². The maximum absolute atomic E-state index is 13.5. The van der Waals surface area contributed by atoms with Crippen molar-refractivity contribution in [2.75, 3.05) is 56.9 Å². The number of nitrogens with one attached hydrogen (secondary N) is 1. The number of nitrogens with two attached hydrogens (primary N) is 1. The Morgan fingerprint density at radius 3 is 2.14 bits per heavy atom. The predicted octanol–water partition coefficient (Wildman–Crippen LogP) is 2.32. The molecule has 2 aromatic carbocycles. The summed E-state index contributed by atoms with van der Waals surface area (Å²) in [5, 5.41) is 7.95. The second-order valence-corrected chi connectivity index (χ2v) is 15.2. The number of piperazine rings is 1. The normalized spacial score (nSPS) is 16.8. The van der Waals surface area contributed by atoms with E-state index in [0.29, 0.717) is 57.5 Å². The average molecular weight is 677 g/mol.